The summed E-state index contributed by atoms with van der Waals surface area (Å²) in [6.45, 7) is 10.9. The molecule has 1 atom stereocenters. The van der Waals surface area contributed by atoms with E-state index in [0.717, 1.165) is 12.1 Å². The number of anilines is 1. The highest BCUT2D eigenvalue weighted by Crippen LogP contribution is 2.19. The SMILES string of the molecule is CCc1ccccc1NC(=S)N[C@H](C)C(C)(C)C. The molecule has 0 aliphatic heterocycles. The molecule has 0 saturated heterocycles. The minimum Gasteiger partial charge on any atom is -0.359 e. The van der Waals surface area contributed by atoms with Gasteiger partial charge in [-0.1, -0.05) is 45.9 Å². The van der Waals surface area contributed by atoms with Gasteiger partial charge >= 0.3 is 0 Å². The Labute approximate surface area is 116 Å². The third-order valence-electron chi connectivity index (χ3n) is 3.29. The second-order valence-electron chi connectivity index (χ2n) is 5.70. The number of nitrogens with one attached hydrogen (secondary N) is 2. The fourth-order valence-electron chi connectivity index (χ4n) is 1.52. The monoisotopic (exact) mass is 264 g/mol. The van der Waals surface area contributed by atoms with Gasteiger partial charge in [-0.25, -0.2) is 0 Å². The quantitative estimate of drug-likeness (QED) is 0.808. The van der Waals surface area contributed by atoms with Crippen LogP contribution in [0.4, 0.5) is 5.69 Å². The molecule has 1 aromatic carbocycles. The molecule has 2 nitrogen and oxygen atoms in total. The van der Waals surface area contributed by atoms with Gasteiger partial charge in [0.25, 0.3) is 0 Å². The van der Waals surface area contributed by atoms with Gasteiger partial charge in [-0.05, 0) is 42.6 Å². The van der Waals surface area contributed by atoms with E-state index in [2.05, 4.69) is 63.5 Å². The Morgan fingerprint density at radius 1 is 1.28 bits per heavy atom. The fourth-order valence-corrected chi connectivity index (χ4v) is 1.81. The van der Waals surface area contributed by atoms with Crippen LogP contribution in [-0.4, -0.2) is 11.2 Å². The zero-order valence-corrected chi connectivity index (χ0v) is 12.8. The van der Waals surface area contributed by atoms with Crippen molar-refractivity contribution in [2.24, 2.45) is 5.41 Å². The van der Waals surface area contributed by atoms with Crippen molar-refractivity contribution >= 4 is 23.0 Å². The van der Waals surface area contributed by atoms with Gasteiger partial charge in [-0.15, -0.1) is 0 Å². The predicted molar refractivity (Wildman–Crippen MR) is 84.1 cm³/mol. The minimum absolute atomic E-state index is 0.190. The second-order valence-corrected chi connectivity index (χ2v) is 6.11. The van der Waals surface area contributed by atoms with Gasteiger partial charge in [0.1, 0.15) is 0 Å². The summed E-state index contributed by atoms with van der Waals surface area (Å²) in [5, 5.41) is 7.32. The van der Waals surface area contributed by atoms with Crippen molar-refractivity contribution in [3.63, 3.8) is 0 Å². The Kier molecular flexibility index (Phi) is 5.15. The largest absolute Gasteiger partial charge is 0.359 e. The standard InChI is InChI=1S/C15H24N2S/c1-6-12-9-7-8-10-13(12)17-14(18)16-11(2)15(3,4)5/h7-11H,6H2,1-5H3,(H2,16,17,18)/t11-/m1/s1. The molecule has 0 aliphatic carbocycles. The van der Waals surface area contributed by atoms with E-state index < -0.39 is 0 Å². The number of thiocarbonyl (C=S) groups is 1. The maximum Gasteiger partial charge on any atom is 0.171 e. The van der Waals surface area contributed by atoms with Gasteiger partial charge in [0.05, 0.1) is 0 Å². The maximum absolute atomic E-state index is 5.37. The molecule has 0 heterocycles. The summed E-state index contributed by atoms with van der Waals surface area (Å²) >= 11 is 5.37. The van der Waals surface area contributed by atoms with E-state index in [4.69, 9.17) is 12.2 Å². The van der Waals surface area contributed by atoms with Crippen LogP contribution in [0, 0.1) is 5.41 Å². The van der Waals surface area contributed by atoms with Crippen LogP contribution in [-0.2, 0) is 6.42 Å². The fraction of sp³-hybridized carbons (Fsp3) is 0.533. The first-order valence-corrected chi connectivity index (χ1v) is 6.91. The second kappa shape index (κ2) is 6.19. The van der Waals surface area contributed by atoms with Crippen molar-refractivity contribution in [3.8, 4) is 0 Å². The molecule has 2 N–H and O–H groups in total. The minimum atomic E-state index is 0.190. The third-order valence-corrected chi connectivity index (χ3v) is 3.51. The van der Waals surface area contributed by atoms with Crippen molar-refractivity contribution < 1.29 is 0 Å². The maximum atomic E-state index is 5.37. The highest BCUT2D eigenvalue weighted by Gasteiger charge is 2.20. The smallest absolute Gasteiger partial charge is 0.171 e. The summed E-state index contributed by atoms with van der Waals surface area (Å²) in [5.74, 6) is 0. The third kappa shape index (κ3) is 4.30. The van der Waals surface area contributed by atoms with E-state index >= 15 is 0 Å². The molecule has 0 amide bonds. The topological polar surface area (TPSA) is 24.1 Å². The van der Waals surface area contributed by atoms with Crippen LogP contribution in [0.15, 0.2) is 24.3 Å². The van der Waals surface area contributed by atoms with Gasteiger partial charge in [0.15, 0.2) is 5.11 Å². The first-order chi connectivity index (χ1) is 8.34. The van der Waals surface area contributed by atoms with Gasteiger partial charge in [-0.3, -0.25) is 0 Å². The van der Waals surface area contributed by atoms with E-state index in [-0.39, 0.29) is 5.41 Å². The molecule has 0 aromatic heterocycles. The Morgan fingerprint density at radius 3 is 2.44 bits per heavy atom. The average Bonchev–Trinajstić information content (AvgIpc) is 2.28. The molecule has 0 radical (unpaired) electrons. The van der Waals surface area contributed by atoms with Crippen LogP contribution in [0.3, 0.4) is 0 Å². The van der Waals surface area contributed by atoms with E-state index in [0.29, 0.717) is 11.2 Å². The van der Waals surface area contributed by atoms with E-state index in [1.807, 2.05) is 6.07 Å². The Bertz CT molecular complexity index is 407. The van der Waals surface area contributed by atoms with Gasteiger partial charge in [0, 0.05) is 11.7 Å². The van der Waals surface area contributed by atoms with Gasteiger partial charge in [-0.2, -0.15) is 0 Å². The van der Waals surface area contributed by atoms with Crippen LogP contribution >= 0.6 is 12.2 Å². The van der Waals surface area contributed by atoms with Crippen molar-refractivity contribution in [1.82, 2.24) is 5.32 Å². The Balaban J connectivity index is 2.65. The Morgan fingerprint density at radius 2 is 1.89 bits per heavy atom. The molecule has 1 aromatic rings. The zero-order chi connectivity index (χ0) is 13.8. The lowest BCUT2D eigenvalue weighted by Crippen LogP contribution is -2.43. The lowest BCUT2D eigenvalue weighted by Gasteiger charge is -2.29. The summed E-state index contributed by atoms with van der Waals surface area (Å²) in [4.78, 5) is 0. The summed E-state index contributed by atoms with van der Waals surface area (Å²) < 4.78 is 0. The van der Waals surface area contributed by atoms with Crippen LogP contribution in [0.1, 0.15) is 40.2 Å². The van der Waals surface area contributed by atoms with Gasteiger partial charge < -0.3 is 10.6 Å². The number of benzene rings is 1. The summed E-state index contributed by atoms with van der Waals surface area (Å²) in [6.07, 6.45) is 1.00. The molecule has 3 heteroatoms. The highest BCUT2D eigenvalue weighted by atomic mass is 32.1. The number of hydrogen-bond acceptors (Lipinski definition) is 1. The average molecular weight is 264 g/mol. The molecule has 0 aliphatic rings. The summed E-state index contributed by atoms with van der Waals surface area (Å²) in [5.41, 5.74) is 2.57. The molecule has 0 saturated carbocycles. The molecular formula is C15H24N2S. The van der Waals surface area contributed by atoms with Crippen LogP contribution < -0.4 is 10.6 Å². The van der Waals surface area contributed by atoms with Crippen molar-refractivity contribution in [3.05, 3.63) is 29.8 Å². The van der Waals surface area contributed by atoms with E-state index in [9.17, 15) is 0 Å². The molecule has 0 spiro atoms. The van der Waals surface area contributed by atoms with Crippen molar-refractivity contribution in [1.29, 1.82) is 0 Å². The Hall–Kier alpha value is -1.09. The zero-order valence-electron chi connectivity index (χ0n) is 12.0. The number of rotatable bonds is 3. The summed E-state index contributed by atoms with van der Waals surface area (Å²) in [6, 6.07) is 8.59. The van der Waals surface area contributed by atoms with Crippen LogP contribution in [0.25, 0.3) is 0 Å². The predicted octanol–water partition coefficient (Wildman–Crippen LogP) is 3.97. The first kappa shape index (κ1) is 15.0. The molecule has 0 unspecified atom stereocenters. The number of para-hydroxylation sites is 1. The van der Waals surface area contributed by atoms with Crippen LogP contribution in [0.5, 0.6) is 0 Å². The molecule has 100 valence electrons. The molecule has 0 fully saturated rings. The van der Waals surface area contributed by atoms with Crippen molar-refractivity contribution in [2.45, 2.75) is 47.1 Å². The molecular weight excluding hydrogens is 240 g/mol. The molecule has 0 bridgehead atoms. The number of hydrogen-bond donors (Lipinski definition) is 2. The van der Waals surface area contributed by atoms with E-state index in [1.165, 1.54) is 5.56 Å². The van der Waals surface area contributed by atoms with Crippen molar-refractivity contribution in [2.75, 3.05) is 5.32 Å². The highest BCUT2D eigenvalue weighted by molar-refractivity contribution is 7.80. The lowest BCUT2D eigenvalue weighted by molar-refractivity contribution is 0.317. The van der Waals surface area contributed by atoms with Gasteiger partial charge in [0.2, 0.25) is 0 Å². The molecule has 1 rings (SSSR count). The first-order valence-electron chi connectivity index (χ1n) is 6.50. The normalized spacial score (nSPS) is 12.9. The number of aryl methyl sites for hydroxylation is 1. The van der Waals surface area contributed by atoms with Crippen LogP contribution in [0.2, 0.25) is 0 Å². The molecule has 18 heavy (non-hydrogen) atoms. The van der Waals surface area contributed by atoms with E-state index in [1.54, 1.807) is 0 Å². The lowest BCUT2D eigenvalue weighted by atomic mass is 9.88. The summed E-state index contributed by atoms with van der Waals surface area (Å²) in [7, 11) is 0.